The number of amides is 2. The highest BCUT2D eigenvalue weighted by Gasteiger charge is 2.39. The first-order chi connectivity index (χ1) is 20.0. The number of hydrogen-bond acceptors (Lipinski definition) is 10. The lowest BCUT2D eigenvalue weighted by molar-refractivity contribution is -0.384. The molecule has 2 amide bonds. The van der Waals surface area contributed by atoms with Gasteiger partial charge in [-0.3, -0.25) is 19.7 Å². The van der Waals surface area contributed by atoms with Gasteiger partial charge in [0.2, 0.25) is 11.9 Å². The van der Waals surface area contributed by atoms with Gasteiger partial charge in [0.05, 0.1) is 23.5 Å². The van der Waals surface area contributed by atoms with E-state index in [0.717, 1.165) is 0 Å². The van der Waals surface area contributed by atoms with E-state index < -0.39 is 28.8 Å². The lowest BCUT2D eigenvalue weighted by Gasteiger charge is -2.37. The van der Waals surface area contributed by atoms with E-state index in [1.54, 1.807) is 43.3 Å². The van der Waals surface area contributed by atoms with Crippen molar-refractivity contribution >= 4 is 29.4 Å². The van der Waals surface area contributed by atoms with Gasteiger partial charge >= 0.3 is 5.97 Å². The second kappa shape index (κ2) is 12.8. The molecule has 3 heterocycles. The second-order valence-corrected chi connectivity index (χ2v) is 10.5. The van der Waals surface area contributed by atoms with Crippen molar-refractivity contribution in [1.82, 2.24) is 25.5 Å². The highest BCUT2D eigenvalue weighted by molar-refractivity contribution is 6.03. The van der Waals surface area contributed by atoms with Crippen LogP contribution in [0.1, 0.15) is 39.2 Å². The van der Waals surface area contributed by atoms with Crippen LogP contribution in [0.15, 0.2) is 65.3 Å². The monoisotopic (exact) mass is 577 g/mol. The van der Waals surface area contributed by atoms with Crippen LogP contribution in [0.5, 0.6) is 0 Å². The van der Waals surface area contributed by atoms with Crippen molar-refractivity contribution in [3.05, 3.63) is 80.9 Å². The van der Waals surface area contributed by atoms with E-state index in [2.05, 4.69) is 20.6 Å². The Balaban J connectivity index is 1.61. The molecule has 1 aromatic heterocycles. The van der Waals surface area contributed by atoms with Gasteiger partial charge in [-0.15, -0.1) is 0 Å². The van der Waals surface area contributed by atoms with Crippen LogP contribution < -0.4 is 15.5 Å². The summed E-state index contributed by atoms with van der Waals surface area (Å²) in [6.45, 7) is 9.02. The first-order valence-corrected chi connectivity index (χ1v) is 13.7. The average molecular weight is 578 g/mol. The fourth-order valence-electron chi connectivity index (χ4n) is 5.34. The summed E-state index contributed by atoms with van der Waals surface area (Å²) >= 11 is 0. The molecule has 2 N–H and O–H groups in total. The number of aromatic nitrogens is 2. The Bertz CT molecular complexity index is 1430. The number of rotatable bonds is 8. The number of nitrogens with one attached hydrogen (secondary N) is 2. The standard InChI is InChI=1S/C29H35N7O6/c1-17(2)25(27(38)34-12-14-35(15-13-34)29-30-10-7-11-31-29)33-26(37)22-18(3)32-19(4)23(28(39)42-5)24(22)20-8-6-9-21(16-20)36(40)41/h6-11,16-17,24-25,32H,12-15H2,1-5H3,(H,33,37). The maximum Gasteiger partial charge on any atom is 0.336 e. The Morgan fingerprint density at radius 2 is 1.69 bits per heavy atom. The zero-order valence-electron chi connectivity index (χ0n) is 24.3. The van der Waals surface area contributed by atoms with Gasteiger partial charge in [0.25, 0.3) is 11.6 Å². The van der Waals surface area contributed by atoms with Crippen LogP contribution in [-0.2, 0) is 19.1 Å². The number of piperazine rings is 1. The predicted molar refractivity (Wildman–Crippen MR) is 154 cm³/mol. The van der Waals surface area contributed by atoms with Gasteiger partial charge in [-0.05, 0) is 31.4 Å². The number of esters is 1. The van der Waals surface area contributed by atoms with Crippen LogP contribution >= 0.6 is 0 Å². The molecular formula is C29H35N7O6. The summed E-state index contributed by atoms with van der Waals surface area (Å²) in [5.41, 5.74) is 1.44. The number of dihydropyridines is 1. The smallest absolute Gasteiger partial charge is 0.336 e. The highest BCUT2D eigenvalue weighted by atomic mass is 16.6. The number of benzene rings is 1. The Labute approximate surface area is 243 Å². The van der Waals surface area contributed by atoms with Gasteiger partial charge in [-0.25, -0.2) is 14.8 Å². The van der Waals surface area contributed by atoms with E-state index in [-0.39, 0.29) is 28.7 Å². The molecule has 13 heteroatoms. The molecule has 0 aliphatic carbocycles. The number of nitro groups is 1. The van der Waals surface area contributed by atoms with Gasteiger partial charge in [0, 0.05) is 67.7 Å². The summed E-state index contributed by atoms with van der Waals surface area (Å²) in [5.74, 6) is -2.07. The third-order valence-corrected chi connectivity index (χ3v) is 7.47. The maximum absolute atomic E-state index is 14.0. The molecule has 1 saturated heterocycles. The Hall–Kier alpha value is -4.81. The van der Waals surface area contributed by atoms with Crippen molar-refractivity contribution in [2.75, 3.05) is 38.2 Å². The molecule has 4 rings (SSSR count). The fraction of sp³-hybridized carbons (Fsp3) is 0.414. The van der Waals surface area contributed by atoms with Crippen molar-refractivity contribution in [1.29, 1.82) is 0 Å². The number of carbonyl (C=O) groups excluding carboxylic acids is 3. The van der Waals surface area contributed by atoms with E-state index in [4.69, 9.17) is 4.74 Å². The van der Waals surface area contributed by atoms with Crippen LogP contribution in [0.4, 0.5) is 11.6 Å². The Kier molecular flexibility index (Phi) is 9.18. The quantitative estimate of drug-likeness (QED) is 0.271. The first kappa shape index (κ1) is 30.2. The molecular weight excluding hydrogens is 542 g/mol. The van der Waals surface area contributed by atoms with Crippen LogP contribution in [0.2, 0.25) is 0 Å². The third-order valence-electron chi connectivity index (χ3n) is 7.47. The molecule has 2 aliphatic rings. The average Bonchev–Trinajstić information content (AvgIpc) is 2.99. The minimum absolute atomic E-state index is 0.153. The maximum atomic E-state index is 14.0. The van der Waals surface area contributed by atoms with Gasteiger partial charge in [-0.2, -0.15) is 0 Å². The van der Waals surface area contributed by atoms with Crippen molar-refractivity contribution < 1.29 is 24.0 Å². The van der Waals surface area contributed by atoms with Crippen molar-refractivity contribution in [2.24, 2.45) is 5.92 Å². The minimum atomic E-state index is -0.962. The topological polar surface area (TPSA) is 160 Å². The van der Waals surface area contributed by atoms with Crippen molar-refractivity contribution in [3.63, 3.8) is 0 Å². The molecule has 42 heavy (non-hydrogen) atoms. The van der Waals surface area contributed by atoms with Crippen LogP contribution in [0.25, 0.3) is 0 Å². The second-order valence-electron chi connectivity index (χ2n) is 10.5. The summed E-state index contributed by atoms with van der Waals surface area (Å²) in [7, 11) is 1.23. The summed E-state index contributed by atoms with van der Waals surface area (Å²) in [6, 6.07) is 6.70. The van der Waals surface area contributed by atoms with E-state index >= 15 is 0 Å². The van der Waals surface area contributed by atoms with Crippen molar-refractivity contribution in [3.8, 4) is 0 Å². The molecule has 0 spiro atoms. The summed E-state index contributed by atoms with van der Waals surface area (Å²) < 4.78 is 5.03. The van der Waals surface area contributed by atoms with Gasteiger partial charge in [-0.1, -0.05) is 26.0 Å². The van der Waals surface area contributed by atoms with Crippen LogP contribution in [0, 0.1) is 16.0 Å². The Morgan fingerprint density at radius 3 is 2.29 bits per heavy atom. The number of methoxy groups -OCH3 is 1. The molecule has 0 saturated carbocycles. The fourth-order valence-corrected chi connectivity index (χ4v) is 5.34. The molecule has 222 valence electrons. The number of anilines is 1. The number of allylic oxidation sites excluding steroid dienone is 2. The SMILES string of the molecule is COC(=O)C1=C(C)NC(C)=C(C(=O)NC(C(=O)N2CCN(c3ncccn3)CC2)C(C)C)C1c1cccc([N+](=O)[O-])c1. The van der Waals surface area contributed by atoms with Crippen LogP contribution in [-0.4, -0.2) is 76.9 Å². The van der Waals surface area contributed by atoms with Gasteiger partial charge in [0.1, 0.15) is 6.04 Å². The molecule has 1 fully saturated rings. The van der Waals surface area contributed by atoms with E-state index in [0.29, 0.717) is 49.1 Å². The van der Waals surface area contributed by atoms with Gasteiger partial charge < -0.3 is 25.2 Å². The summed E-state index contributed by atoms with van der Waals surface area (Å²) in [4.78, 5) is 63.9. The largest absolute Gasteiger partial charge is 0.466 e. The minimum Gasteiger partial charge on any atom is -0.466 e. The molecule has 2 aliphatic heterocycles. The lowest BCUT2D eigenvalue weighted by atomic mass is 9.79. The highest BCUT2D eigenvalue weighted by Crippen LogP contribution is 2.39. The number of nitrogens with zero attached hydrogens (tertiary/aromatic N) is 5. The Morgan fingerprint density at radius 1 is 1.05 bits per heavy atom. The number of nitro benzene ring substituents is 1. The van der Waals surface area contributed by atoms with E-state index in [1.165, 1.54) is 25.3 Å². The van der Waals surface area contributed by atoms with Crippen molar-refractivity contribution in [2.45, 2.75) is 39.7 Å². The van der Waals surface area contributed by atoms with E-state index in [9.17, 15) is 24.5 Å². The number of hydrogen-bond donors (Lipinski definition) is 2. The molecule has 0 bridgehead atoms. The molecule has 2 aromatic rings. The van der Waals surface area contributed by atoms with Crippen LogP contribution in [0.3, 0.4) is 0 Å². The lowest BCUT2D eigenvalue weighted by Crippen LogP contribution is -2.57. The number of non-ortho nitro benzene ring substituents is 1. The molecule has 13 nitrogen and oxygen atoms in total. The number of ether oxygens (including phenoxy) is 1. The number of carbonyl (C=O) groups is 3. The summed E-state index contributed by atoms with van der Waals surface area (Å²) in [6.07, 6.45) is 3.34. The zero-order valence-corrected chi connectivity index (χ0v) is 24.3. The normalized spacial score (nSPS) is 18.0. The van der Waals surface area contributed by atoms with Gasteiger partial charge in [0.15, 0.2) is 0 Å². The molecule has 0 radical (unpaired) electrons. The zero-order chi connectivity index (χ0) is 30.6. The van der Waals surface area contributed by atoms with E-state index in [1.807, 2.05) is 18.7 Å². The third kappa shape index (κ3) is 6.24. The summed E-state index contributed by atoms with van der Waals surface area (Å²) in [5, 5.41) is 17.5. The molecule has 2 unspecified atom stereocenters. The molecule has 1 aromatic carbocycles. The predicted octanol–water partition coefficient (Wildman–Crippen LogP) is 2.28. The molecule has 2 atom stereocenters. The first-order valence-electron chi connectivity index (χ1n) is 13.7.